The number of aliphatic hydroxyl groups is 1. The van der Waals surface area contributed by atoms with Crippen molar-refractivity contribution in [3.8, 4) is 0 Å². The fraction of sp³-hybridized carbons (Fsp3) is 0.714. The van der Waals surface area contributed by atoms with E-state index in [1.54, 1.807) is 0 Å². The zero-order valence-electron chi connectivity index (χ0n) is 7.26. The molecule has 1 atom stereocenters. The third-order valence-corrected chi connectivity index (χ3v) is 1.50. The molecule has 0 aromatic heterocycles. The Morgan fingerprint density at radius 3 is 2.75 bits per heavy atom. The Kier molecular flexibility index (Phi) is 5.23. The Hall–Kier alpha value is -0.940. The number of rotatable bonds is 1. The van der Waals surface area contributed by atoms with Crippen molar-refractivity contribution < 1.29 is 16.1 Å². The van der Waals surface area contributed by atoms with Crippen LogP contribution in [0.5, 0.6) is 0 Å². The third-order valence-electron chi connectivity index (χ3n) is 1.50. The molecule has 1 fully saturated rings. The van der Waals surface area contributed by atoms with E-state index >= 15 is 0 Å². The van der Waals surface area contributed by atoms with Gasteiger partial charge in [-0.25, -0.2) is 0 Å². The number of nitrogens with one attached hydrogen (secondary N) is 2. The highest BCUT2D eigenvalue weighted by molar-refractivity contribution is 5.92. The van der Waals surface area contributed by atoms with Gasteiger partial charge in [0.25, 0.3) is 0 Å². The predicted octanol–water partition coefficient (Wildman–Crippen LogP) is -0.604. The van der Waals surface area contributed by atoms with Crippen LogP contribution in [0.3, 0.4) is 0 Å². The van der Waals surface area contributed by atoms with E-state index in [1.165, 1.54) is 7.11 Å². The summed E-state index contributed by atoms with van der Waals surface area (Å²) in [7, 11) is 2.35. The topological polar surface area (TPSA) is 82.4 Å². The molecule has 0 radical (unpaired) electrons. The van der Waals surface area contributed by atoms with Crippen LogP contribution in [0, 0.1) is 5.41 Å². The Morgan fingerprint density at radius 2 is 2.42 bits per heavy atom. The molecule has 0 aromatic carbocycles. The van der Waals surface area contributed by atoms with Crippen molar-refractivity contribution in [2.45, 2.75) is 12.5 Å². The van der Waals surface area contributed by atoms with Crippen molar-refractivity contribution in [1.82, 2.24) is 5.32 Å². The Morgan fingerprint density at radius 1 is 1.83 bits per heavy atom. The zero-order valence-corrected chi connectivity index (χ0v) is 7.26. The molecule has 0 saturated carbocycles. The minimum atomic E-state index is -0.280. The van der Waals surface area contributed by atoms with E-state index in [-0.39, 0.29) is 13.4 Å². The van der Waals surface area contributed by atoms with E-state index in [0.29, 0.717) is 18.7 Å². The molecule has 1 rings (SSSR count). The summed E-state index contributed by atoms with van der Waals surface area (Å²) in [6.07, 6.45) is 0.493. The van der Waals surface area contributed by atoms with Gasteiger partial charge in [-0.05, 0) is 0 Å². The molecule has 1 aliphatic heterocycles. The van der Waals surface area contributed by atoms with Gasteiger partial charge >= 0.3 is 5.97 Å². The summed E-state index contributed by atoms with van der Waals surface area (Å²) < 4.78 is 4.48. The van der Waals surface area contributed by atoms with Crippen molar-refractivity contribution in [3.63, 3.8) is 0 Å². The van der Waals surface area contributed by atoms with Crippen LogP contribution in [-0.4, -0.2) is 43.6 Å². The molecule has 0 aliphatic carbocycles. The van der Waals surface area contributed by atoms with Crippen molar-refractivity contribution in [2.24, 2.45) is 0 Å². The summed E-state index contributed by atoms with van der Waals surface area (Å²) in [6.45, 7) is 0.514. The normalized spacial score (nSPS) is 21.2. The minimum absolute atomic E-state index is 0. The Balaban J connectivity index is 0. The maximum Gasteiger partial charge on any atom is 0.323 e. The lowest BCUT2D eigenvalue weighted by atomic mass is 10.2. The summed E-state index contributed by atoms with van der Waals surface area (Å²) in [5, 5.41) is 17.0. The molecule has 1 heterocycles. The van der Waals surface area contributed by atoms with Gasteiger partial charge in [-0.1, -0.05) is 0 Å². The maximum atomic E-state index is 10.8. The van der Waals surface area contributed by atoms with E-state index < -0.39 is 0 Å². The summed E-state index contributed by atoms with van der Waals surface area (Å²) >= 11 is 0. The average molecular weight is 176 g/mol. The highest BCUT2D eigenvalue weighted by Crippen LogP contribution is 2.02. The van der Waals surface area contributed by atoms with Crippen LogP contribution >= 0.6 is 0 Å². The monoisotopic (exact) mass is 176 g/mol. The van der Waals surface area contributed by atoms with Crippen molar-refractivity contribution in [1.29, 1.82) is 5.41 Å². The third kappa shape index (κ3) is 2.98. The van der Waals surface area contributed by atoms with Crippen LogP contribution in [0.15, 0.2) is 0 Å². The molecule has 5 heteroatoms. The molecule has 12 heavy (non-hydrogen) atoms. The quantitative estimate of drug-likeness (QED) is 0.466. The molecule has 0 amide bonds. The van der Waals surface area contributed by atoms with Gasteiger partial charge in [-0.15, -0.1) is 0 Å². The van der Waals surface area contributed by atoms with Gasteiger partial charge in [0.1, 0.15) is 6.04 Å². The van der Waals surface area contributed by atoms with Crippen LogP contribution < -0.4 is 5.32 Å². The molecule has 72 valence electrons. The summed E-state index contributed by atoms with van der Waals surface area (Å²) in [4.78, 5) is 10.8. The van der Waals surface area contributed by atoms with Crippen LogP contribution in [0.25, 0.3) is 0 Å². The van der Waals surface area contributed by atoms with Crippen molar-refractivity contribution >= 4 is 11.7 Å². The summed E-state index contributed by atoms with van der Waals surface area (Å²) in [5.74, 6) is -0.276. The van der Waals surface area contributed by atoms with E-state index in [2.05, 4.69) is 10.1 Å². The second-order valence-corrected chi connectivity index (χ2v) is 2.26. The predicted molar refractivity (Wildman–Crippen MR) is 46.4 cm³/mol. The van der Waals surface area contributed by atoms with Crippen molar-refractivity contribution in [2.75, 3.05) is 20.8 Å². The first-order chi connectivity index (χ1) is 5.74. The largest absolute Gasteiger partial charge is 0.468 e. The lowest BCUT2D eigenvalue weighted by molar-refractivity contribution is -0.142. The van der Waals surface area contributed by atoms with E-state index in [1.807, 2.05) is 0 Å². The zero-order chi connectivity index (χ0) is 9.56. The summed E-state index contributed by atoms with van der Waals surface area (Å²) in [6, 6.07) is -0.280. The molecular weight excluding hydrogens is 160 g/mol. The van der Waals surface area contributed by atoms with Gasteiger partial charge in [-0.3, -0.25) is 10.1 Å². The second-order valence-electron chi connectivity index (χ2n) is 2.26. The molecular formula is C7H16N2O3. The smallest absolute Gasteiger partial charge is 0.323 e. The molecule has 1 aliphatic rings. The number of hydrogen-bond acceptors (Lipinski definition) is 5. The maximum absolute atomic E-state index is 10.8. The number of ether oxygens (including phenoxy) is 1. The van der Waals surface area contributed by atoms with Crippen LogP contribution in [-0.2, 0) is 9.53 Å². The molecule has 3 N–H and O–H groups in total. The number of aliphatic hydroxyl groups excluding tert-OH is 1. The summed E-state index contributed by atoms with van der Waals surface area (Å²) in [5.41, 5.74) is 0.565. The number of methoxy groups -OCH3 is 1. The Labute approximate surface area is 72.7 Å². The number of esters is 1. The standard InChI is InChI=1S/C6H10N2O2.CH4O.H2/c1-10-6(9)5-2-4(7)3-8-5;1-2;/h5,7-8H,2-3H2,1H3;2H,1H3;1H/t5-;;/m0../s1. The number of hydrogen-bond donors (Lipinski definition) is 3. The van der Waals surface area contributed by atoms with Gasteiger partial charge < -0.3 is 15.3 Å². The highest BCUT2D eigenvalue weighted by atomic mass is 16.5. The van der Waals surface area contributed by atoms with Crippen LogP contribution in [0.1, 0.15) is 7.85 Å². The molecule has 0 bridgehead atoms. The van der Waals surface area contributed by atoms with Gasteiger partial charge in [0.15, 0.2) is 0 Å². The van der Waals surface area contributed by atoms with Crippen LogP contribution in [0.4, 0.5) is 0 Å². The van der Waals surface area contributed by atoms with Crippen molar-refractivity contribution in [3.05, 3.63) is 0 Å². The molecule has 0 spiro atoms. The van der Waals surface area contributed by atoms with E-state index in [4.69, 9.17) is 10.5 Å². The Bertz CT molecular complexity index is 175. The number of carbonyl (C=O) groups is 1. The van der Waals surface area contributed by atoms with Crippen LogP contribution in [0.2, 0.25) is 0 Å². The van der Waals surface area contributed by atoms with Gasteiger partial charge in [0, 0.05) is 27.2 Å². The SMILES string of the molecule is CO.COC(=O)[C@@H]1CC(=N)CN1.[HH]. The number of carbonyl (C=O) groups excluding carboxylic acids is 1. The second kappa shape index (κ2) is 5.68. The fourth-order valence-electron chi connectivity index (χ4n) is 0.946. The first-order valence-corrected chi connectivity index (χ1v) is 3.56. The lowest BCUT2D eigenvalue weighted by Gasteiger charge is -2.04. The molecule has 1 saturated heterocycles. The lowest BCUT2D eigenvalue weighted by Crippen LogP contribution is -2.31. The van der Waals surface area contributed by atoms with Gasteiger partial charge in [0.05, 0.1) is 7.11 Å². The first kappa shape index (κ1) is 11.1. The average Bonchev–Trinajstić information content (AvgIpc) is 2.54. The highest BCUT2D eigenvalue weighted by Gasteiger charge is 2.25. The molecule has 0 unspecified atom stereocenters. The molecule has 0 aromatic rings. The van der Waals surface area contributed by atoms with E-state index in [0.717, 1.165) is 7.11 Å². The molecule has 5 nitrogen and oxygen atoms in total. The minimum Gasteiger partial charge on any atom is -0.468 e. The van der Waals surface area contributed by atoms with E-state index in [9.17, 15) is 4.79 Å². The first-order valence-electron chi connectivity index (χ1n) is 3.56. The van der Waals surface area contributed by atoms with Gasteiger partial charge in [0.2, 0.25) is 0 Å². The fourth-order valence-corrected chi connectivity index (χ4v) is 0.946. The van der Waals surface area contributed by atoms with Gasteiger partial charge in [-0.2, -0.15) is 0 Å².